The normalized spacial score (nSPS) is 10.2. The highest BCUT2D eigenvalue weighted by molar-refractivity contribution is 5.46. The highest BCUT2D eigenvalue weighted by Gasteiger charge is 1.97. The van der Waals surface area contributed by atoms with Crippen molar-refractivity contribution in [2.45, 2.75) is 26.3 Å². The van der Waals surface area contributed by atoms with Crippen molar-refractivity contribution in [3.63, 3.8) is 0 Å². The average molecular weight is 285 g/mol. The summed E-state index contributed by atoms with van der Waals surface area (Å²) >= 11 is 0. The first-order chi connectivity index (χ1) is 10.3. The maximum absolute atomic E-state index is 5.66. The van der Waals surface area contributed by atoms with Crippen molar-refractivity contribution >= 4 is 5.69 Å². The summed E-state index contributed by atoms with van der Waals surface area (Å²) in [7, 11) is 1.67. The van der Waals surface area contributed by atoms with Gasteiger partial charge in [0, 0.05) is 12.2 Å². The van der Waals surface area contributed by atoms with Crippen molar-refractivity contribution in [2.24, 2.45) is 0 Å². The molecule has 0 amide bonds. The third-order valence-corrected chi connectivity index (χ3v) is 3.28. The average Bonchev–Trinajstić information content (AvgIpc) is 2.55. The van der Waals surface area contributed by atoms with Gasteiger partial charge in [0.25, 0.3) is 0 Å². The number of anilines is 1. The Hall–Kier alpha value is -2.16. The molecule has 0 radical (unpaired) electrons. The Morgan fingerprint density at radius 1 is 0.905 bits per heavy atom. The number of benzene rings is 2. The summed E-state index contributed by atoms with van der Waals surface area (Å²) in [6, 6.07) is 16.2. The second-order valence-corrected chi connectivity index (χ2v) is 4.93. The summed E-state index contributed by atoms with van der Waals surface area (Å²) < 4.78 is 10.8. The molecule has 0 saturated carbocycles. The second-order valence-electron chi connectivity index (χ2n) is 4.93. The first-order valence-corrected chi connectivity index (χ1v) is 7.41. The van der Waals surface area contributed by atoms with E-state index in [-0.39, 0.29) is 0 Å². The molecular weight excluding hydrogens is 262 g/mol. The van der Waals surface area contributed by atoms with Crippen LogP contribution in [-0.2, 0) is 6.54 Å². The molecule has 3 heteroatoms. The molecule has 0 bridgehead atoms. The predicted molar refractivity (Wildman–Crippen MR) is 87.2 cm³/mol. The first kappa shape index (κ1) is 15.2. The molecular formula is C18H23NO2. The number of rotatable bonds is 8. The van der Waals surface area contributed by atoms with E-state index >= 15 is 0 Å². The van der Waals surface area contributed by atoms with E-state index in [0.29, 0.717) is 0 Å². The highest BCUT2D eigenvalue weighted by Crippen LogP contribution is 2.17. The van der Waals surface area contributed by atoms with E-state index in [9.17, 15) is 0 Å². The molecule has 3 nitrogen and oxygen atoms in total. The lowest BCUT2D eigenvalue weighted by molar-refractivity contribution is 0.309. The summed E-state index contributed by atoms with van der Waals surface area (Å²) in [6.07, 6.45) is 2.25. The molecule has 0 aliphatic carbocycles. The molecule has 0 unspecified atom stereocenters. The van der Waals surface area contributed by atoms with Crippen LogP contribution in [0.1, 0.15) is 25.3 Å². The number of ether oxygens (including phenoxy) is 2. The molecule has 0 aliphatic rings. The predicted octanol–water partition coefficient (Wildman–Crippen LogP) is 4.49. The van der Waals surface area contributed by atoms with Gasteiger partial charge in [-0.1, -0.05) is 25.5 Å². The standard InChI is InChI=1S/C18H23NO2/c1-3-4-13-21-18-9-5-15(6-10-18)14-19-16-7-11-17(20-2)12-8-16/h5-12,19H,3-4,13-14H2,1-2H3. The third kappa shape index (κ3) is 5.03. The highest BCUT2D eigenvalue weighted by atomic mass is 16.5. The largest absolute Gasteiger partial charge is 0.497 e. The zero-order valence-electron chi connectivity index (χ0n) is 12.8. The Labute approximate surface area is 126 Å². The van der Waals surface area contributed by atoms with Gasteiger partial charge in [0.1, 0.15) is 11.5 Å². The van der Waals surface area contributed by atoms with Gasteiger partial charge in [-0.15, -0.1) is 0 Å². The number of unbranched alkanes of at least 4 members (excludes halogenated alkanes) is 1. The van der Waals surface area contributed by atoms with Crippen molar-refractivity contribution in [3.05, 3.63) is 54.1 Å². The molecule has 0 saturated heterocycles. The van der Waals surface area contributed by atoms with Gasteiger partial charge in [-0.25, -0.2) is 0 Å². The minimum atomic E-state index is 0.792. The number of hydrogen-bond acceptors (Lipinski definition) is 3. The SMILES string of the molecule is CCCCOc1ccc(CNc2ccc(OC)cc2)cc1. The lowest BCUT2D eigenvalue weighted by Crippen LogP contribution is -2.00. The summed E-state index contributed by atoms with van der Waals surface area (Å²) in [6.45, 7) is 3.75. The van der Waals surface area contributed by atoms with E-state index in [1.165, 1.54) is 5.56 Å². The van der Waals surface area contributed by atoms with Crippen LogP contribution in [0.3, 0.4) is 0 Å². The molecule has 0 atom stereocenters. The fraction of sp³-hybridized carbons (Fsp3) is 0.333. The summed E-state index contributed by atoms with van der Waals surface area (Å²) in [5.41, 5.74) is 2.31. The molecule has 0 heterocycles. The lowest BCUT2D eigenvalue weighted by atomic mass is 10.2. The Kier molecular flexibility index (Phi) is 5.95. The van der Waals surface area contributed by atoms with Crippen LogP contribution in [0, 0.1) is 0 Å². The zero-order chi connectivity index (χ0) is 14.9. The van der Waals surface area contributed by atoms with Crippen LogP contribution in [0.25, 0.3) is 0 Å². The molecule has 0 spiro atoms. The maximum atomic E-state index is 5.66. The van der Waals surface area contributed by atoms with E-state index < -0.39 is 0 Å². The Balaban J connectivity index is 1.82. The van der Waals surface area contributed by atoms with Crippen LogP contribution in [0.2, 0.25) is 0 Å². The van der Waals surface area contributed by atoms with E-state index in [0.717, 1.165) is 43.2 Å². The van der Waals surface area contributed by atoms with Gasteiger partial charge >= 0.3 is 0 Å². The minimum absolute atomic E-state index is 0.792. The molecule has 112 valence electrons. The number of nitrogens with one attached hydrogen (secondary N) is 1. The summed E-state index contributed by atoms with van der Waals surface area (Å²) in [5, 5.41) is 3.39. The van der Waals surface area contributed by atoms with E-state index in [1.54, 1.807) is 7.11 Å². The van der Waals surface area contributed by atoms with Crippen LogP contribution < -0.4 is 14.8 Å². The Morgan fingerprint density at radius 2 is 1.57 bits per heavy atom. The molecule has 0 fully saturated rings. The van der Waals surface area contributed by atoms with Crippen molar-refractivity contribution in [1.29, 1.82) is 0 Å². The molecule has 2 rings (SSSR count). The second kappa shape index (κ2) is 8.20. The number of methoxy groups -OCH3 is 1. The van der Waals surface area contributed by atoms with E-state index in [4.69, 9.17) is 9.47 Å². The Morgan fingerprint density at radius 3 is 2.19 bits per heavy atom. The van der Waals surface area contributed by atoms with Crippen LogP contribution in [0.15, 0.2) is 48.5 Å². The van der Waals surface area contributed by atoms with E-state index in [2.05, 4.69) is 24.4 Å². The summed E-state index contributed by atoms with van der Waals surface area (Å²) in [5.74, 6) is 1.81. The van der Waals surface area contributed by atoms with Gasteiger partial charge in [-0.3, -0.25) is 0 Å². The summed E-state index contributed by atoms with van der Waals surface area (Å²) in [4.78, 5) is 0. The van der Waals surface area contributed by atoms with Gasteiger partial charge in [0.05, 0.1) is 13.7 Å². The molecule has 2 aromatic rings. The third-order valence-electron chi connectivity index (χ3n) is 3.28. The quantitative estimate of drug-likeness (QED) is 0.725. The van der Waals surface area contributed by atoms with E-state index in [1.807, 2.05) is 36.4 Å². The van der Waals surface area contributed by atoms with Crippen molar-refractivity contribution in [3.8, 4) is 11.5 Å². The van der Waals surface area contributed by atoms with Gasteiger partial charge in [-0.2, -0.15) is 0 Å². The molecule has 2 aromatic carbocycles. The minimum Gasteiger partial charge on any atom is -0.497 e. The number of hydrogen-bond donors (Lipinski definition) is 1. The van der Waals surface area contributed by atoms with Crippen LogP contribution in [0.4, 0.5) is 5.69 Å². The first-order valence-electron chi connectivity index (χ1n) is 7.41. The van der Waals surface area contributed by atoms with Crippen LogP contribution in [-0.4, -0.2) is 13.7 Å². The van der Waals surface area contributed by atoms with Gasteiger partial charge in [0.15, 0.2) is 0 Å². The van der Waals surface area contributed by atoms with Gasteiger partial charge in [0.2, 0.25) is 0 Å². The Bertz CT molecular complexity index is 520. The lowest BCUT2D eigenvalue weighted by Gasteiger charge is -2.09. The van der Waals surface area contributed by atoms with Gasteiger partial charge < -0.3 is 14.8 Å². The van der Waals surface area contributed by atoms with Crippen molar-refractivity contribution in [2.75, 3.05) is 19.0 Å². The monoisotopic (exact) mass is 285 g/mol. The fourth-order valence-corrected chi connectivity index (χ4v) is 1.95. The molecule has 0 aliphatic heterocycles. The smallest absolute Gasteiger partial charge is 0.119 e. The molecule has 1 N–H and O–H groups in total. The molecule has 0 aromatic heterocycles. The molecule has 21 heavy (non-hydrogen) atoms. The zero-order valence-corrected chi connectivity index (χ0v) is 12.8. The van der Waals surface area contributed by atoms with Crippen molar-refractivity contribution in [1.82, 2.24) is 0 Å². The topological polar surface area (TPSA) is 30.5 Å². The van der Waals surface area contributed by atoms with Crippen LogP contribution >= 0.6 is 0 Å². The maximum Gasteiger partial charge on any atom is 0.119 e. The van der Waals surface area contributed by atoms with Crippen LogP contribution in [0.5, 0.6) is 11.5 Å². The van der Waals surface area contributed by atoms with Crippen molar-refractivity contribution < 1.29 is 9.47 Å². The van der Waals surface area contributed by atoms with Gasteiger partial charge in [-0.05, 0) is 48.4 Å². The fourth-order valence-electron chi connectivity index (χ4n) is 1.95.